The van der Waals surface area contributed by atoms with Crippen molar-refractivity contribution in [3.8, 4) is 0 Å². The minimum Gasteiger partial charge on any atom is -0.461 e. The first kappa shape index (κ1) is 26.9. The maximum atomic E-state index is 13.3. The zero-order chi connectivity index (χ0) is 27.9. The molecule has 0 N–H and O–H groups in total. The summed E-state index contributed by atoms with van der Waals surface area (Å²) in [7, 11) is 1.74. The van der Waals surface area contributed by atoms with E-state index in [2.05, 4.69) is 16.3 Å². The highest BCUT2D eigenvalue weighted by Crippen LogP contribution is 2.39. The van der Waals surface area contributed by atoms with Crippen molar-refractivity contribution in [3.05, 3.63) is 80.6 Å². The van der Waals surface area contributed by atoms with Crippen molar-refractivity contribution in [2.24, 2.45) is 5.41 Å². The summed E-state index contributed by atoms with van der Waals surface area (Å²) < 4.78 is 7.34. The summed E-state index contributed by atoms with van der Waals surface area (Å²) >= 11 is 1.70. The molecule has 1 aliphatic heterocycles. The van der Waals surface area contributed by atoms with Crippen LogP contribution in [-0.2, 0) is 29.2 Å². The molecule has 5 rings (SSSR count). The Bertz CT molecular complexity index is 1580. The van der Waals surface area contributed by atoms with Crippen LogP contribution < -0.4 is 15.4 Å². The lowest BCUT2D eigenvalue weighted by atomic mass is 9.90. The third-order valence-corrected chi connectivity index (χ3v) is 8.29. The van der Waals surface area contributed by atoms with Gasteiger partial charge in [0.25, 0.3) is 5.56 Å². The second kappa shape index (κ2) is 10.5. The maximum Gasteiger partial charge on any atom is 0.261 e. The van der Waals surface area contributed by atoms with Crippen molar-refractivity contribution in [1.82, 2.24) is 9.47 Å². The van der Waals surface area contributed by atoms with Crippen LogP contribution in [0.3, 0.4) is 0 Å². The second-order valence-electron chi connectivity index (χ2n) is 10.6. The Labute approximate surface area is 232 Å². The van der Waals surface area contributed by atoms with Crippen LogP contribution >= 0.6 is 11.3 Å². The molecule has 4 heterocycles. The first-order chi connectivity index (χ1) is 18.6. The van der Waals surface area contributed by atoms with Crippen LogP contribution in [0.4, 0.5) is 11.4 Å². The molecule has 0 aliphatic carbocycles. The number of furan rings is 1. The van der Waals surface area contributed by atoms with Crippen LogP contribution in [0.5, 0.6) is 0 Å². The smallest absolute Gasteiger partial charge is 0.261 e. The van der Waals surface area contributed by atoms with E-state index in [1.165, 1.54) is 4.88 Å². The molecule has 0 bridgehead atoms. The quantitative estimate of drug-likeness (QED) is 0.290. The molecule has 9 heteroatoms. The van der Waals surface area contributed by atoms with Crippen molar-refractivity contribution in [2.45, 2.75) is 47.3 Å². The maximum absolute atomic E-state index is 13.3. The van der Waals surface area contributed by atoms with E-state index in [-0.39, 0.29) is 17.4 Å². The highest BCUT2D eigenvalue weighted by Gasteiger charge is 2.45. The minimum atomic E-state index is -1.14. The lowest BCUT2D eigenvalue weighted by molar-refractivity contribution is -0.137. The van der Waals surface area contributed by atoms with Gasteiger partial charge in [0, 0.05) is 50.8 Å². The third kappa shape index (κ3) is 5.04. The first-order valence-corrected chi connectivity index (χ1v) is 14.1. The molecule has 39 heavy (non-hydrogen) atoms. The second-order valence-corrected chi connectivity index (χ2v) is 11.6. The van der Waals surface area contributed by atoms with Gasteiger partial charge in [0.2, 0.25) is 11.8 Å². The standard InChI is InChI=1S/C30H34N4O4S/c1-6-34-24-10-9-21(17-25(24)31(5)28(36)30(3,4)29(34)37)18-32(19-22-8-7-15-39-22)13-14-33-12-11-26-23(27(33)35)16-20(2)38-26/h7-12,15-17H,6,13-14,18-19H2,1-5H3. The number of aromatic nitrogens is 1. The molecule has 0 saturated carbocycles. The summed E-state index contributed by atoms with van der Waals surface area (Å²) in [6, 6.07) is 13.8. The summed E-state index contributed by atoms with van der Waals surface area (Å²) in [5.41, 5.74) is 1.91. The van der Waals surface area contributed by atoms with Gasteiger partial charge >= 0.3 is 0 Å². The fraction of sp³-hybridized carbons (Fsp3) is 0.367. The van der Waals surface area contributed by atoms with Crippen molar-refractivity contribution in [1.29, 1.82) is 0 Å². The van der Waals surface area contributed by atoms with Gasteiger partial charge in [-0.1, -0.05) is 12.1 Å². The van der Waals surface area contributed by atoms with E-state index in [1.807, 2.05) is 44.2 Å². The number of anilines is 2. The van der Waals surface area contributed by atoms with Gasteiger partial charge in [0.05, 0.1) is 16.8 Å². The largest absolute Gasteiger partial charge is 0.461 e. The molecule has 0 spiro atoms. The molecule has 1 aromatic carbocycles. The average Bonchev–Trinajstić information content (AvgIpc) is 3.56. The number of hydrogen-bond donors (Lipinski definition) is 0. The predicted octanol–water partition coefficient (Wildman–Crippen LogP) is 5.02. The zero-order valence-electron chi connectivity index (χ0n) is 23.1. The molecule has 0 unspecified atom stereocenters. The molecule has 3 aromatic heterocycles. The number of nitrogens with zero attached hydrogens (tertiary/aromatic N) is 4. The highest BCUT2D eigenvalue weighted by atomic mass is 32.1. The number of rotatable bonds is 8. The normalized spacial score (nSPS) is 15.3. The van der Waals surface area contributed by atoms with Crippen molar-refractivity contribution in [2.75, 3.05) is 29.9 Å². The van der Waals surface area contributed by atoms with E-state index in [1.54, 1.807) is 58.9 Å². The summed E-state index contributed by atoms with van der Waals surface area (Å²) in [4.78, 5) is 46.4. The number of carbonyl (C=O) groups excluding carboxylic acids is 2. The van der Waals surface area contributed by atoms with E-state index in [4.69, 9.17) is 4.42 Å². The molecule has 0 atom stereocenters. The Morgan fingerprint density at radius 2 is 1.79 bits per heavy atom. The number of carbonyl (C=O) groups is 2. The molecule has 4 aromatic rings. The molecule has 0 fully saturated rings. The van der Waals surface area contributed by atoms with Crippen LogP contribution in [0.2, 0.25) is 0 Å². The Balaban J connectivity index is 1.43. The van der Waals surface area contributed by atoms with Gasteiger partial charge in [-0.3, -0.25) is 19.3 Å². The lowest BCUT2D eigenvalue weighted by Crippen LogP contribution is -2.47. The van der Waals surface area contributed by atoms with Gasteiger partial charge in [-0.25, -0.2) is 0 Å². The number of aryl methyl sites for hydroxylation is 1. The number of benzene rings is 1. The van der Waals surface area contributed by atoms with Crippen molar-refractivity contribution >= 4 is 45.5 Å². The average molecular weight is 547 g/mol. The van der Waals surface area contributed by atoms with Gasteiger partial charge in [0.15, 0.2) is 0 Å². The molecule has 0 radical (unpaired) electrons. The van der Waals surface area contributed by atoms with Gasteiger partial charge in [-0.05, 0) is 69.0 Å². The van der Waals surface area contributed by atoms with E-state index < -0.39 is 5.41 Å². The van der Waals surface area contributed by atoms with Gasteiger partial charge in [-0.2, -0.15) is 0 Å². The fourth-order valence-corrected chi connectivity index (χ4v) is 6.01. The Kier molecular flexibility index (Phi) is 7.22. The third-order valence-electron chi connectivity index (χ3n) is 7.43. The van der Waals surface area contributed by atoms with Crippen LogP contribution in [-0.4, -0.2) is 41.4 Å². The lowest BCUT2D eigenvalue weighted by Gasteiger charge is -2.27. The Morgan fingerprint density at radius 1 is 1.00 bits per heavy atom. The zero-order valence-corrected chi connectivity index (χ0v) is 23.9. The van der Waals surface area contributed by atoms with Gasteiger partial charge in [-0.15, -0.1) is 11.3 Å². The number of thiophene rings is 1. The van der Waals surface area contributed by atoms with E-state index in [0.29, 0.717) is 37.1 Å². The van der Waals surface area contributed by atoms with Crippen LogP contribution in [0, 0.1) is 12.3 Å². The highest BCUT2D eigenvalue weighted by molar-refractivity contribution is 7.09. The number of fused-ring (bicyclic) bond motifs is 2. The fourth-order valence-electron chi connectivity index (χ4n) is 5.27. The number of amides is 2. The van der Waals surface area contributed by atoms with Gasteiger partial charge in [0.1, 0.15) is 16.8 Å². The SMILES string of the molecule is CCN1C(=O)C(C)(C)C(=O)N(C)c2cc(CN(CCn3ccc4oc(C)cc4c3=O)Cc3cccs3)ccc21. The van der Waals surface area contributed by atoms with E-state index in [0.717, 1.165) is 29.2 Å². The van der Waals surface area contributed by atoms with Crippen LogP contribution in [0.1, 0.15) is 37.0 Å². The number of hydrogen-bond acceptors (Lipinski definition) is 6. The van der Waals surface area contributed by atoms with E-state index >= 15 is 0 Å². The van der Waals surface area contributed by atoms with Gasteiger partial charge < -0.3 is 18.8 Å². The molecule has 1 aliphatic rings. The van der Waals surface area contributed by atoms with E-state index in [9.17, 15) is 14.4 Å². The summed E-state index contributed by atoms with van der Waals surface area (Å²) in [6.07, 6.45) is 1.79. The Hall–Kier alpha value is -3.69. The monoisotopic (exact) mass is 546 g/mol. The number of pyridine rings is 1. The van der Waals surface area contributed by atoms with Crippen LogP contribution in [0.25, 0.3) is 11.0 Å². The first-order valence-electron chi connectivity index (χ1n) is 13.2. The topological polar surface area (TPSA) is 79.0 Å². The van der Waals surface area contributed by atoms with Crippen molar-refractivity contribution < 1.29 is 14.0 Å². The van der Waals surface area contributed by atoms with Crippen LogP contribution in [0.15, 0.2) is 63.3 Å². The Morgan fingerprint density at radius 3 is 2.51 bits per heavy atom. The predicted molar refractivity (Wildman–Crippen MR) is 155 cm³/mol. The molecule has 2 amide bonds. The minimum absolute atomic E-state index is 0.0578. The molecule has 8 nitrogen and oxygen atoms in total. The summed E-state index contributed by atoms with van der Waals surface area (Å²) in [5.74, 6) is 0.307. The molecular formula is C30H34N4O4S. The molecular weight excluding hydrogens is 512 g/mol. The molecule has 204 valence electrons. The summed E-state index contributed by atoms with van der Waals surface area (Å²) in [6.45, 7) is 10.2. The molecule has 0 saturated heterocycles. The van der Waals surface area contributed by atoms with Crippen molar-refractivity contribution in [3.63, 3.8) is 0 Å². The summed E-state index contributed by atoms with van der Waals surface area (Å²) in [5, 5.41) is 2.66.